The molecule has 1 aliphatic rings. The van der Waals surface area contributed by atoms with Crippen molar-refractivity contribution in [3.05, 3.63) is 17.5 Å². The molecule has 0 spiro atoms. The van der Waals surface area contributed by atoms with Crippen molar-refractivity contribution < 1.29 is 5.11 Å². The summed E-state index contributed by atoms with van der Waals surface area (Å²) in [5.74, 6) is 0.693. The minimum atomic E-state index is 0.201. The van der Waals surface area contributed by atoms with Crippen molar-refractivity contribution in [3.63, 3.8) is 0 Å². The molecule has 0 bridgehead atoms. The minimum Gasteiger partial charge on any atom is -0.395 e. The van der Waals surface area contributed by atoms with E-state index in [4.69, 9.17) is 23.1 Å². The van der Waals surface area contributed by atoms with E-state index < -0.39 is 0 Å². The molecule has 2 heterocycles. The van der Waals surface area contributed by atoms with Crippen molar-refractivity contribution in [2.45, 2.75) is 13.3 Å². The highest BCUT2D eigenvalue weighted by Gasteiger charge is 2.17. The summed E-state index contributed by atoms with van der Waals surface area (Å²) in [4.78, 5) is 13.6. The second-order valence-electron chi connectivity index (χ2n) is 4.96. The molecule has 1 fully saturated rings. The molecule has 20 heavy (non-hydrogen) atoms. The third kappa shape index (κ3) is 3.84. The van der Waals surface area contributed by atoms with E-state index in [2.05, 4.69) is 19.8 Å². The van der Waals surface area contributed by atoms with E-state index in [0.29, 0.717) is 16.6 Å². The van der Waals surface area contributed by atoms with Gasteiger partial charge in [-0.25, -0.2) is 9.97 Å². The first-order chi connectivity index (χ1) is 9.60. The zero-order valence-corrected chi connectivity index (χ0v) is 12.6. The van der Waals surface area contributed by atoms with Gasteiger partial charge in [0.1, 0.15) is 10.7 Å². The molecule has 7 heteroatoms. The molecule has 0 unspecified atom stereocenters. The Hall–Kier alpha value is -1.31. The Kier molecular flexibility index (Phi) is 5.22. The molecule has 0 aliphatic carbocycles. The van der Waals surface area contributed by atoms with Crippen LogP contribution in [-0.2, 0) is 0 Å². The van der Waals surface area contributed by atoms with Crippen LogP contribution in [0.3, 0.4) is 0 Å². The van der Waals surface area contributed by atoms with Gasteiger partial charge in [0, 0.05) is 31.9 Å². The highest BCUT2D eigenvalue weighted by molar-refractivity contribution is 7.80. The largest absolute Gasteiger partial charge is 0.395 e. The van der Waals surface area contributed by atoms with Crippen LogP contribution in [0.4, 0.5) is 5.95 Å². The number of anilines is 1. The van der Waals surface area contributed by atoms with Crippen LogP contribution in [0.15, 0.2) is 6.07 Å². The average Bonchev–Trinajstić information content (AvgIpc) is 2.64. The summed E-state index contributed by atoms with van der Waals surface area (Å²) in [6.45, 7) is 6.49. The van der Waals surface area contributed by atoms with Gasteiger partial charge in [0.05, 0.1) is 6.61 Å². The smallest absolute Gasteiger partial charge is 0.226 e. The second-order valence-corrected chi connectivity index (χ2v) is 5.40. The van der Waals surface area contributed by atoms with Crippen molar-refractivity contribution in [2.75, 3.05) is 44.2 Å². The summed E-state index contributed by atoms with van der Waals surface area (Å²) < 4.78 is 0. The Morgan fingerprint density at radius 3 is 2.85 bits per heavy atom. The van der Waals surface area contributed by atoms with E-state index in [1.807, 2.05) is 13.0 Å². The van der Waals surface area contributed by atoms with Crippen molar-refractivity contribution in [1.82, 2.24) is 14.9 Å². The maximum atomic E-state index is 9.02. The molecule has 0 aromatic carbocycles. The van der Waals surface area contributed by atoms with Crippen molar-refractivity contribution in [1.29, 1.82) is 0 Å². The van der Waals surface area contributed by atoms with Gasteiger partial charge < -0.3 is 15.7 Å². The monoisotopic (exact) mass is 295 g/mol. The number of hydrogen-bond donors (Lipinski definition) is 2. The van der Waals surface area contributed by atoms with Gasteiger partial charge in [-0.15, -0.1) is 0 Å². The standard InChI is InChI=1S/C13H21N5OS/c1-10-9-11(12(14)20)16-13(15-10)18-4-2-3-17(5-6-18)7-8-19/h9,19H,2-8H2,1H3,(H2,14,20). The first-order valence-corrected chi connectivity index (χ1v) is 7.24. The van der Waals surface area contributed by atoms with Crippen molar-refractivity contribution in [3.8, 4) is 0 Å². The van der Waals surface area contributed by atoms with Crippen LogP contribution in [0, 0.1) is 6.92 Å². The summed E-state index contributed by atoms with van der Waals surface area (Å²) >= 11 is 5.00. The molecule has 110 valence electrons. The number of rotatable bonds is 4. The summed E-state index contributed by atoms with van der Waals surface area (Å²) in [5.41, 5.74) is 7.15. The zero-order chi connectivity index (χ0) is 14.5. The molecular weight excluding hydrogens is 274 g/mol. The van der Waals surface area contributed by atoms with E-state index in [9.17, 15) is 0 Å². The number of nitrogens with zero attached hydrogens (tertiary/aromatic N) is 4. The highest BCUT2D eigenvalue weighted by atomic mass is 32.1. The molecule has 0 radical (unpaired) electrons. The number of aromatic nitrogens is 2. The quantitative estimate of drug-likeness (QED) is 0.752. The van der Waals surface area contributed by atoms with Gasteiger partial charge in [-0.2, -0.15) is 0 Å². The topological polar surface area (TPSA) is 78.5 Å². The van der Waals surface area contributed by atoms with Gasteiger partial charge in [-0.1, -0.05) is 12.2 Å². The van der Waals surface area contributed by atoms with Crippen LogP contribution < -0.4 is 10.6 Å². The van der Waals surface area contributed by atoms with Crippen LogP contribution in [0.2, 0.25) is 0 Å². The normalized spacial score (nSPS) is 17.0. The van der Waals surface area contributed by atoms with Gasteiger partial charge in [0.25, 0.3) is 0 Å². The Labute approximate surface area is 124 Å². The molecule has 0 saturated carbocycles. The first kappa shape index (κ1) is 15.1. The average molecular weight is 295 g/mol. The first-order valence-electron chi connectivity index (χ1n) is 6.84. The molecule has 6 nitrogen and oxygen atoms in total. The second kappa shape index (κ2) is 6.92. The van der Waals surface area contributed by atoms with E-state index in [1.54, 1.807) is 0 Å². The SMILES string of the molecule is Cc1cc(C(N)=S)nc(N2CCCN(CCO)CC2)n1. The van der Waals surface area contributed by atoms with Crippen LogP contribution in [0.1, 0.15) is 17.8 Å². The predicted octanol–water partition coefficient (Wildman–Crippen LogP) is -0.0764. The molecule has 3 N–H and O–H groups in total. The fraction of sp³-hybridized carbons (Fsp3) is 0.615. The third-order valence-electron chi connectivity index (χ3n) is 3.38. The fourth-order valence-electron chi connectivity index (χ4n) is 2.36. The van der Waals surface area contributed by atoms with Crippen LogP contribution >= 0.6 is 12.2 Å². The number of aliphatic hydroxyl groups excluding tert-OH is 1. The summed E-state index contributed by atoms with van der Waals surface area (Å²) in [5, 5.41) is 9.02. The Morgan fingerprint density at radius 2 is 2.15 bits per heavy atom. The number of aryl methyl sites for hydroxylation is 1. The maximum absolute atomic E-state index is 9.02. The van der Waals surface area contributed by atoms with Crippen molar-refractivity contribution >= 4 is 23.2 Å². The highest BCUT2D eigenvalue weighted by Crippen LogP contribution is 2.13. The summed E-state index contributed by atoms with van der Waals surface area (Å²) in [6, 6.07) is 1.81. The van der Waals surface area contributed by atoms with E-state index in [1.165, 1.54) is 0 Å². The van der Waals surface area contributed by atoms with Crippen LogP contribution in [-0.4, -0.2) is 64.3 Å². The van der Waals surface area contributed by atoms with E-state index >= 15 is 0 Å². The van der Waals surface area contributed by atoms with Gasteiger partial charge in [-0.3, -0.25) is 4.90 Å². The van der Waals surface area contributed by atoms with Crippen molar-refractivity contribution in [2.24, 2.45) is 5.73 Å². The Bertz CT molecular complexity index is 482. The molecule has 0 amide bonds. The lowest BCUT2D eigenvalue weighted by Crippen LogP contribution is -2.33. The van der Waals surface area contributed by atoms with Gasteiger partial charge >= 0.3 is 0 Å². The lowest BCUT2D eigenvalue weighted by atomic mass is 10.3. The molecule has 1 aliphatic heterocycles. The fourth-order valence-corrected chi connectivity index (χ4v) is 2.46. The van der Waals surface area contributed by atoms with Gasteiger partial charge in [0.2, 0.25) is 5.95 Å². The number of β-amino-alcohol motifs (C(OH)–C–C–N with tert-alkyl or cyclic N) is 1. The van der Waals surface area contributed by atoms with Crippen LogP contribution in [0.25, 0.3) is 0 Å². The minimum absolute atomic E-state index is 0.201. The molecule has 1 saturated heterocycles. The predicted molar refractivity (Wildman–Crippen MR) is 83.0 cm³/mol. The van der Waals surface area contributed by atoms with E-state index in [-0.39, 0.29) is 6.61 Å². The van der Waals surface area contributed by atoms with Gasteiger partial charge in [0.15, 0.2) is 0 Å². The van der Waals surface area contributed by atoms with E-state index in [0.717, 1.165) is 44.8 Å². The molecule has 1 aromatic rings. The molecule has 0 atom stereocenters. The third-order valence-corrected chi connectivity index (χ3v) is 3.59. The zero-order valence-electron chi connectivity index (χ0n) is 11.7. The summed E-state index contributed by atoms with van der Waals surface area (Å²) in [6.07, 6.45) is 1.03. The molecular formula is C13H21N5OS. The molecule has 2 rings (SSSR count). The number of hydrogen-bond acceptors (Lipinski definition) is 6. The lowest BCUT2D eigenvalue weighted by Gasteiger charge is -2.22. The van der Waals surface area contributed by atoms with Crippen LogP contribution in [0.5, 0.6) is 0 Å². The maximum Gasteiger partial charge on any atom is 0.226 e. The van der Waals surface area contributed by atoms with Gasteiger partial charge in [-0.05, 0) is 26.0 Å². The Morgan fingerprint density at radius 1 is 1.35 bits per heavy atom. The molecule has 1 aromatic heterocycles. The Balaban J connectivity index is 2.13. The number of aliphatic hydroxyl groups is 1. The summed E-state index contributed by atoms with van der Waals surface area (Å²) in [7, 11) is 0. The number of nitrogens with two attached hydrogens (primary N) is 1. The number of thiocarbonyl (C=S) groups is 1. The lowest BCUT2D eigenvalue weighted by molar-refractivity contribution is 0.204.